The summed E-state index contributed by atoms with van der Waals surface area (Å²) in [5.41, 5.74) is 3.64. The maximum atomic E-state index is 12.8. The molecule has 2 fully saturated rings. The number of aryl methyl sites for hydroxylation is 1. The van der Waals surface area contributed by atoms with Gasteiger partial charge in [0.05, 0.1) is 6.54 Å². The Morgan fingerprint density at radius 2 is 1.85 bits per heavy atom. The SMILES string of the molecule is Cc1cc(N2CCN(C(=O)CN3CC[C@@H](c4ccccc4)C3)CC2)ccn1. The molecule has 1 aromatic heterocycles. The average molecular weight is 364 g/mol. The van der Waals surface area contributed by atoms with Crippen LogP contribution in [0, 0.1) is 6.92 Å². The van der Waals surface area contributed by atoms with Crippen LogP contribution in [0.5, 0.6) is 0 Å². The molecule has 2 aliphatic heterocycles. The molecule has 0 unspecified atom stereocenters. The largest absolute Gasteiger partial charge is 0.368 e. The highest BCUT2D eigenvalue weighted by molar-refractivity contribution is 5.78. The molecule has 3 heterocycles. The number of amides is 1. The molecule has 142 valence electrons. The van der Waals surface area contributed by atoms with Crippen molar-refractivity contribution in [3.63, 3.8) is 0 Å². The van der Waals surface area contributed by atoms with E-state index in [1.165, 1.54) is 11.3 Å². The lowest BCUT2D eigenvalue weighted by Gasteiger charge is -2.36. The predicted molar refractivity (Wildman–Crippen MR) is 108 cm³/mol. The van der Waals surface area contributed by atoms with Crippen molar-refractivity contribution in [2.24, 2.45) is 0 Å². The van der Waals surface area contributed by atoms with Gasteiger partial charge in [0.1, 0.15) is 0 Å². The monoisotopic (exact) mass is 364 g/mol. The number of carbonyl (C=O) groups excluding carboxylic acids is 1. The Kier molecular flexibility index (Phi) is 5.39. The minimum absolute atomic E-state index is 0.272. The molecular weight excluding hydrogens is 336 g/mol. The Morgan fingerprint density at radius 3 is 2.59 bits per heavy atom. The van der Waals surface area contributed by atoms with E-state index in [1.54, 1.807) is 0 Å². The molecule has 5 nitrogen and oxygen atoms in total. The Balaban J connectivity index is 1.26. The molecule has 0 spiro atoms. The maximum absolute atomic E-state index is 12.8. The van der Waals surface area contributed by atoms with Gasteiger partial charge in [-0.2, -0.15) is 0 Å². The van der Waals surface area contributed by atoms with E-state index in [0.29, 0.717) is 12.5 Å². The van der Waals surface area contributed by atoms with Gasteiger partial charge in [0.15, 0.2) is 0 Å². The number of hydrogen-bond acceptors (Lipinski definition) is 4. The van der Waals surface area contributed by atoms with E-state index < -0.39 is 0 Å². The highest BCUT2D eigenvalue weighted by Crippen LogP contribution is 2.26. The number of rotatable bonds is 4. The first kappa shape index (κ1) is 18.0. The molecule has 2 saturated heterocycles. The molecule has 1 aromatic carbocycles. The van der Waals surface area contributed by atoms with E-state index in [2.05, 4.69) is 57.2 Å². The van der Waals surface area contributed by atoms with Gasteiger partial charge in [-0.1, -0.05) is 30.3 Å². The smallest absolute Gasteiger partial charge is 0.236 e. The predicted octanol–water partition coefficient (Wildman–Crippen LogP) is 2.53. The van der Waals surface area contributed by atoms with Crippen LogP contribution in [0.4, 0.5) is 5.69 Å². The molecule has 27 heavy (non-hydrogen) atoms. The normalized spacial score (nSPS) is 20.9. The maximum Gasteiger partial charge on any atom is 0.236 e. The zero-order valence-electron chi connectivity index (χ0n) is 16.1. The van der Waals surface area contributed by atoms with Crippen molar-refractivity contribution in [1.82, 2.24) is 14.8 Å². The summed E-state index contributed by atoms with van der Waals surface area (Å²) in [4.78, 5) is 23.7. The van der Waals surface area contributed by atoms with Gasteiger partial charge in [-0.15, -0.1) is 0 Å². The molecule has 0 radical (unpaired) electrons. The van der Waals surface area contributed by atoms with Gasteiger partial charge in [0.25, 0.3) is 0 Å². The second-order valence-electron chi connectivity index (χ2n) is 7.65. The van der Waals surface area contributed by atoms with Crippen LogP contribution in [-0.4, -0.2) is 66.5 Å². The lowest BCUT2D eigenvalue weighted by Crippen LogP contribution is -2.51. The quantitative estimate of drug-likeness (QED) is 0.836. The van der Waals surface area contributed by atoms with Gasteiger partial charge in [0, 0.05) is 50.3 Å². The van der Waals surface area contributed by atoms with Crippen molar-refractivity contribution in [3.8, 4) is 0 Å². The third kappa shape index (κ3) is 4.30. The Bertz CT molecular complexity index is 771. The summed E-state index contributed by atoms with van der Waals surface area (Å²) < 4.78 is 0. The van der Waals surface area contributed by atoms with E-state index in [-0.39, 0.29) is 5.91 Å². The number of piperazine rings is 1. The van der Waals surface area contributed by atoms with Crippen molar-refractivity contribution in [2.75, 3.05) is 50.7 Å². The Morgan fingerprint density at radius 1 is 1.07 bits per heavy atom. The molecule has 4 rings (SSSR count). The number of hydrogen-bond donors (Lipinski definition) is 0. The summed E-state index contributed by atoms with van der Waals surface area (Å²) >= 11 is 0. The lowest BCUT2D eigenvalue weighted by molar-refractivity contribution is -0.132. The van der Waals surface area contributed by atoms with Gasteiger partial charge in [0.2, 0.25) is 5.91 Å². The van der Waals surface area contributed by atoms with Gasteiger partial charge >= 0.3 is 0 Å². The van der Waals surface area contributed by atoms with E-state index in [9.17, 15) is 4.79 Å². The van der Waals surface area contributed by atoms with Crippen molar-refractivity contribution in [1.29, 1.82) is 0 Å². The van der Waals surface area contributed by atoms with E-state index in [0.717, 1.165) is 51.4 Å². The molecule has 1 atom stereocenters. The van der Waals surface area contributed by atoms with Gasteiger partial charge < -0.3 is 9.80 Å². The molecule has 5 heteroatoms. The fraction of sp³-hybridized carbons (Fsp3) is 0.455. The number of aromatic nitrogens is 1. The van der Waals surface area contributed by atoms with Crippen LogP contribution in [0.1, 0.15) is 23.6 Å². The Hall–Kier alpha value is -2.40. The number of nitrogens with zero attached hydrogens (tertiary/aromatic N) is 4. The van der Waals surface area contributed by atoms with Crippen molar-refractivity contribution >= 4 is 11.6 Å². The highest BCUT2D eigenvalue weighted by Gasteiger charge is 2.28. The average Bonchev–Trinajstić information content (AvgIpc) is 3.17. The summed E-state index contributed by atoms with van der Waals surface area (Å²) in [6, 6.07) is 14.8. The fourth-order valence-electron chi connectivity index (χ4n) is 4.21. The third-order valence-corrected chi connectivity index (χ3v) is 5.78. The van der Waals surface area contributed by atoms with Crippen LogP contribution >= 0.6 is 0 Å². The summed E-state index contributed by atoms with van der Waals surface area (Å²) in [6.45, 7) is 7.96. The first-order valence-electron chi connectivity index (χ1n) is 9.92. The Labute approximate surface area is 161 Å². The number of anilines is 1. The third-order valence-electron chi connectivity index (χ3n) is 5.78. The van der Waals surface area contributed by atoms with Crippen LogP contribution in [0.25, 0.3) is 0 Å². The van der Waals surface area contributed by atoms with Crippen LogP contribution < -0.4 is 4.90 Å². The van der Waals surface area contributed by atoms with Gasteiger partial charge in [-0.05, 0) is 43.5 Å². The number of benzene rings is 1. The molecule has 0 N–H and O–H groups in total. The van der Waals surface area contributed by atoms with Crippen LogP contribution in [0.15, 0.2) is 48.7 Å². The molecule has 2 aliphatic rings. The summed E-state index contributed by atoms with van der Waals surface area (Å²) in [6.07, 6.45) is 3.01. The first-order chi connectivity index (χ1) is 13.2. The van der Waals surface area contributed by atoms with E-state index >= 15 is 0 Å². The summed E-state index contributed by atoms with van der Waals surface area (Å²) in [5, 5.41) is 0. The molecule has 2 aromatic rings. The van der Waals surface area contributed by atoms with Crippen molar-refractivity contribution in [2.45, 2.75) is 19.3 Å². The van der Waals surface area contributed by atoms with Gasteiger partial charge in [-0.25, -0.2) is 0 Å². The number of pyridine rings is 1. The van der Waals surface area contributed by atoms with Crippen molar-refractivity contribution < 1.29 is 4.79 Å². The standard InChI is InChI=1S/C22H28N4O/c1-18-15-21(7-9-23-18)25-11-13-26(14-12-25)22(27)17-24-10-8-20(16-24)19-5-3-2-4-6-19/h2-7,9,15,20H,8,10-14,16-17H2,1H3/t20-/m1/s1. The van der Waals surface area contributed by atoms with E-state index in [4.69, 9.17) is 0 Å². The minimum Gasteiger partial charge on any atom is -0.368 e. The minimum atomic E-state index is 0.272. The molecule has 0 aliphatic carbocycles. The molecular formula is C22H28N4O. The van der Waals surface area contributed by atoms with Crippen molar-refractivity contribution in [3.05, 3.63) is 59.9 Å². The summed E-state index contributed by atoms with van der Waals surface area (Å²) in [5.74, 6) is 0.833. The second kappa shape index (κ2) is 8.09. The number of carbonyl (C=O) groups is 1. The van der Waals surface area contributed by atoms with Crippen LogP contribution in [0.3, 0.4) is 0 Å². The van der Waals surface area contributed by atoms with Crippen LogP contribution in [-0.2, 0) is 4.79 Å². The molecule has 0 bridgehead atoms. The van der Waals surface area contributed by atoms with Gasteiger partial charge in [-0.3, -0.25) is 14.7 Å². The number of likely N-dealkylation sites (tertiary alicyclic amines) is 1. The zero-order chi connectivity index (χ0) is 18.6. The van der Waals surface area contributed by atoms with Crippen LogP contribution in [0.2, 0.25) is 0 Å². The topological polar surface area (TPSA) is 39.7 Å². The molecule has 1 amide bonds. The second-order valence-corrected chi connectivity index (χ2v) is 7.65. The highest BCUT2D eigenvalue weighted by atomic mass is 16.2. The lowest BCUT2D eigenvalue weighted by atomic mass is 9.99. The zero-order valence-corrected chi connectivity index (χ0v) is 16.1. The summed E-state index contributed by atoms with van der Waals surface area (Å²) in [7, 11) is 0. The van der Waals surface area contributed by atoms with E-state index in [1.807, 2.05) is 18.0 Å². The first-order valence-corrected chi connectivity index (χ1v) is 9.92. The molecule has 0 saturated carbocycles. The fourth-order valence-corrected chi connectivity index (χ4v) is 4.21.